The summed E-state index contributed by atoms with van der Waals surface area (Å²) < 4.78 is 6.01. The summed E-state index contributed by atoms with van der Waals surface area (Å²) >= 11 is 0. The van der Waals surface area contributed by atoms with Crippen molar-refractivity contribution in [2.75, 3.05) is 0 Å². The van der Waals surface area contributed by atoms with E-state index in [4.69, 9.17) is 4.74 Å². The first kappa shape index (κ1) is 25.8. The fourth-order valence-electron chi connectivity index (χ4n) is 3.15. The third kappa shape index (κ3) is 11.1. The lowest BCUT2D eigenvalue weighted by Crippen LogP contribution is -2.28. The van der Waals surface area contributed by atoms with Crippen LogP contribution in [0.3, 0.4) is 0 Å². The molecule has 0 bridgehead atoms. The summed E-state index contributed by atoms with van der Waals surface area (Å²) in [6.45, 7) is 10.5. The van der Waals surface area contributed by atoms with E-state index in [0.29, 0.717) is 13.0 Å². The predicted octanol–water partition coefficient (Wildman–Crippen LogP) is 6.79. The molecular formula is C27H38O3. The van der Waals surface area contributed by atoms with Crippen LogP contribution in [0.2, 0.25) is 0 Å². The van der Waals surface area contributed by atoms with Gasteiger partial charge >= 0.3 is 0 Å². The Morgan fingerprint density at radius 3 is 2.13 bits per heavy atom. The molecule has 1 aromatic rings. The first-order chi connectivity index (χ1) is 14.3. The highest BCUT2D eigenvalue weighted by Crippen LogP contribution is 2.18. The highest BCUT2D eigenvalue weighted by atomic mass is 16.5. The van der Waals surface area contributed by atoms with Gasteiger partial charge in [0.15, 0.2) is 5.78 Å². The van der Waals surface area contributed by atoms with Crippen molar-refractivity contribution in [3.63, 3.8) is 0 Å². The number of aldehydes is 1. The van der Waals surface area contributed by atoms with Crippen LogP contribution in [0.5, 0.6) is 0 Å². The lowest BCUT2D eigenvalue weighted by Gasteiger charge is -2.19. The Morgan fingerprint density at radius 1 is 0.933 bits per heavy atom. The Kier molecular flexibility index (Phi) is 12.6. The molecule has 1 unspecified atom stereocenters. The van der Waals surface area contributed by atoms with Crippen molar-refractivity contribution in [1.82, 2.24) is 0 Å². The number of benzene rings is 1. The molecule has 3 nitrogen and oxygen atoms in total. The van der Waals surface area contributed by atoms with Gasteiger partial charge in [-0.15, -0.1) is 0 Å². The van der Waals surface area contributed by atoms with E-state index in [9.17, 15) is 9.59 Å². The van der Waals surface area contributed by atoms with Crippen molar-refractivity contribution in [2.24, 2.45) is 5.92 Å². The fraction of sp³-hybridized carbons (Fsp3) is 0.481. The van der Waals surface area contributed by atoms with E-state index in [0.717, 1.165) is 43.1 Å². The van der Waals surface area contributed by atoms with Crippen LogP contribution in [0.25, 0.3) is 0 Å². The van der Waals surface area contributed by atoms with Gasteiger partial charge in [-0.3, -0.25) is 9.59 Å². The molecule has 0 heterocycles. The minimum absolute atomic E-state index is 0.0412. The van der Waals surface area contributed by atoms with Gasteiger partial charge in [-0.1, -0.05) is 73.1 Å². The lowest BCUT2D eigenvalue weighted by molar-refractivity contribution is -0.134. The summed E-state index contributed by atoms with van der Waals surface area (Å²) in [6, 6.07) is 9.99. The van der Waals surface area contributed by atoms with Gasteiger partial charge < -0.3 is 4.74 Å². The first-order valence-electron chi connectivity index (χ1n) is 10.9. The zero-order valence-electron chi connectivity index (χ0n) is 19.3. The molecule has 0 saturated carbocycles. The first-order valence-corrected chi connectivity index (χ1v) is 10.9. The Labute approximate surface area is 182 Å². The van der Waals surface area contributed by atoms with Crippen molar-refractivity contribution in [1.29, 1.82) is 0 Å². The number of hydrogen-bond acceptors (Lipinski definition) is 3. The van der Waals surface area contributed by atoms with Crippen molar-refractivity contribution < 1.29 is 14.3 Å². The molecule has 1 atom stereocenters. The average molecular weight is 411 g/mol. The number of carbonyl (C=O) groups excluding carboxylic acids is 2. The summed E-state index contributed by atoms with van der Waals surface area (Å²) in [7, 11) is 0. The normalized spacial score (nSPS) is 14.1. The van der Waals surface area contributed by atoms with Gasteiger partial charge in [0.1, 0.15) is 12.4 Å². The number of allylic oxidation sites excluding steroid dienone is 5. The highest BCUT2D eigenvalue weighted by molar-refractivity contribution is 5.85. The molecule has 3 heteroatoms. The van der Waals surface area contributed by atoms with Gasteiger partial charge in [0.25, 0.3) is 0 Å². The third-order valence-corrected chi connectivity index (χ3v) is 5.10. The van der Waals surface area contributed by atoms with Crippen molar-refractivity contribution in [3.05, 3.63) is 70.8 Å². The molecule has 0 spiro atoms. The molecule has 30 heavy (non-hydrogen) atoms. The van der Waals surface area contributed by atoms with Crippen LogP contribution >= 0.6 is 0 Å². The maximum Gasteiger partial charge on any atom is 0.164 e. The van der Waals surface area contributed by atoms with Crippen LogP contribution in [0, 0.1) is 5.92 Å². The topological polar surface area (TPSA) is 43.4 Å². The molecule has 0 aromatic heterocycles. The molecule has 1 aromatic carbocycles. The van der Waals surface area contributed by atoms with Crippen LogP contribution < -0.4 is 0 Å². The second kappa shape index (κ2) is 14.7. The quantitative estimate of drug-likeness (QED) is 0.193. The van der Waals surface area contributed by atoms with E-state index in [2.05, 4.69) is 26.0 Å². The third-order valence-electron chi connectivity index (χ3n) is 5.10. The van der Waals surface area contributed by atoms with Crippen LogP contribution in [0.1, 0.15) is 72.3 Å². The number of ether oxygens (including phenoxy) is 1. The van der Waals surface area contributed by atoms with Crippen molar-refractivity contribution in [2.45, 2.75) is 79.4 Å². The minimum atomic E-state index is -0.398. The Hall–Kier alpha value is -2.26. The standard InChI is InChI=1S/C27H38O3/c1-21(2)27(29)26(30-20-25-15-7-6-8-16-25)19-24(5)14-10-12-22(3)11-9-13-23(4)17-18-28/h6-8,11,14-18,21,26H,9-10,12-13,19-20H2,1-5H3/b22-11+,23-17+,24-14+. The smallest absolute Gasteiger partial charge is 0.164 e. The number of carbonyl (C=O) groups is 2. The molecule has 1 rings (SSSR count). The average Bonchev–Trinajstić information content (AvgIpc) is 2.71. The van der Waals surface area contributed by atoms with Crippen LogP contribution in [0.4, 0.5) is 0 Å². The van der Waals surface area contributed by atoms with Gasteiger partial charge in [-0.2, -0.15) is 0 Å². The summed E-state index contributed by atoms with van der Waals surface area (Å²) in [4.78, 5) is 23.1. The summed E-state index contributed by atoms with van der Waals surface area (Å²) in [5.41, 5.74) is 4.74. The van der Waals surface area contributed by atoms with Gasteiger partial charge in [-0.05, 0) is 58.1 Å². The zero-order chi connectivity index (χ0) is 22.4. The molecule has 0 fully saturated rings. The highest BCUT2D eigenvalue weighted by Gasteiger charge is 2.22. The second-order valence-corrected chi connectivity index (χ2v) is 8.37. The van der Waals surface area contributed by atoms with Crippen LogP contribution in [-0.4, -0.2) is 18.2 Å². The Bertz CT molecular complexity index is 739. The van der Waals surface area contributed by atoms with Gasteiger partial charge in [-0.25, -0.2) is 0 Å². The molecule has 0 saturated heterocycles. The van der Waals surface area contributed by atoms with Gasteiger partial charge in [0.2, 0.25) is 0 Å². The summed E-state index contributed by atoms with van der Waals surface area (Å²) in [5, 5.41) is 0. The van der Waals surface area contributed by atoms with E-state index in [1.165, 1.54) is 11.1 Å². The molecule has 0 radical (unpaired) electrons. The number of rotatable bonds is 14. The van der Waals surface area contributed by atoms with Gasteiger partial charge in [0.05, 0.1) is 6.61 Å². The monoisotopic (exact) mass is 410 g/mol. The van der Waals surface area contributed by atoms with Gasteiger partial charge in [0, 0.05) is 12.3 Å². The maximum absolute atomic E-state index is 12.6. The molecule has 0 amide bonds. The zero-order valence-corrected chi connectivity index (χ0v) is 19.3. The Balaban J connectivity index is 2.55. The second-order valence-electron chi connectivity index (χ2n) is 8.37. The molecular weight excluding hydrogens is 372 g/mol. The van der Waals surface area contributed by atoms with Crippen LogP contribution in [-0.2, 0) is 20.9 Å². The van der Waals surface area contributed by atoms with Crippen molar-refractivity contribution >= 4 is 12.1 Å². The van der Waals surface area contributed by atoms with Crippen LogP contribution in [0.15, 0.2) is 65.3 Å². The SMILES string of the molecule is C/C(=C\C=O)CC/C=C(\C)CC/C=C(\C)CC(OCc1ccccc1)C(=O)C(C)C. The summed E-state index contributed by atoms with van der Waals surface area (Å²) in [6.07, 6.45) is 11.0. The lowest BCUT2D eigenvalue weighted by atomic mass is 9.97. The molecule has 0 aliphatic carbocycles. The number of Topliss-reactive ketones (excluding diaryl/α,β-unsaturated/α-hetero) is 1. The largest absolute Gasteiger partial charge is 0.365 e. The van der Waals surface area contributed by atoms with E-state index in [1.54, 1.807) is 6.08 Å². The van der Waals surface area contributed by atoms with E-state index >= 15 is 0 Å². The minimum Gasteiger partial charge on any atom is -0.365 e. The molecule has 0 N–H and O–H groups in total. The van der Waals surface area contributed by atoms with E-state index in [-0.39, 0.29) is 11.7 Å². The molecule has 0 aliphatic heterocycles. The fourth-order valence-corrected chi connectivity index (χ4v) is 3.15. The number of ketones is 1. The molecule has 0 aliphatic rings. The maximum atomic E-state index is 12.6. The van der Waals surface area contributed by atoms with E-state index < -0.39 is 6.10 Å². The summed E-state index contributed by atoms with van der Waals surface area (Å²) in [5.74, 6) is 0.119. The predicted molar refractivity (Wildman–Crippen MR) is 125 cm³/mol. The number of hydrogen-bond donors (Lipinski definition) is 0. The Morgan fingerprint density at radius 2 is 1.53 bits per heavy atom. The van der Waals surface area contributed by atoms with Crippen molar-refractivity contribution in [3.8, 4) is 0 Å². The molecule has 164 valence electrons. The van der Waals surface area contributed by atoms with E-state index in [1.807, 2.05) is 51.1 Å².